The van der Waals surface area contributed by atoms with E-state index in [4.69, 9.17) is 0 Å². The lowest BCUT2D eigenvalue weighted by Crippen LogP contribution is -2.00. The molecule has 0 aromatic heterocycles. The fraction of sp³-hybridized carbons (Fsp3) is 1.00. The van der Waals surface area contributed by atoms with Crippen molar-refractivity contribution in [3.63, 3.8) is 0 Å². The van der Waals surface area contributed by atoms with Gasteiger partial charge in [-0.1, -0.05) is 144 Å². The van der Waals surface area contributed by atoms with Crippen molar-refractivity contribution in [2.75, 3.05) is 0 Å². The molecule has 0 nitrogen and oxygen atoms in total. The Bertz CT molecular complexity index is 153. The van der Waals surface area contributed by atoms with E-state index in [0.717, 1.165) is 11.8 Å². The Labute approximate surface area is 167 Å². The fourth-order valence-corrected chi connectivity index (χ4v) is 0. The normalized spacial score (nSPS) is 9.60. The Morgan fingerprint density at radius 2 is 0.680 bits per heavy atom. The SMILES string of the molecule is CC.CC(C)(C)C.CC(C)C.CCC.CCC(C)(C)C.CCC(C)C. The van der Waals surface area contributed by atoms with Crippen LogP contribution in [0.15, 0.2) is 0 Å². The lowest BCUT2D eigenvalue weighted by atomic mass is 9.94. The predicted octanol–water partition coefficient (Wildman–Crippen LogP) is 10.7. The van der Waals surface area contributed by atoms with Gasteiger partial charge in [-0.05, 0) is 22.7 Å². The fourth-order valence-electron chi connectivity index (χ4n) is 0. The molecule has 0 fully saturated rings. The summed E-state index contributed by atoms with van der Waals surface area (Å²) in [6.07, 6.45) is 3.83. The maximum Gasteiger partial charge on any atom is -0.0385 e. The highest BCUT2D eigenvalue weighted by molar-refractivity contribution is 4.55. The average molecular weight is 363 g/mol. The monoisotopic (exact) mass is 362 g/mol. The lowest BCUT2D eigenvalue weighted by molar-refractivity contribution is 0.398. The van der Waals surface area contributed by atoms with Crippen LogP contribution in [0, 0.1) is 22.7 Å². The third-order valence-corrected chi connectivity index (χ3v) is 1.88. The Morgan fingerprint density at radius 3 is 0.680 bits per heavy atom. The molecule has 162 valence electrons. The van der Waals surface area contributed by atoms with Crippen molar-refractivity contribution in [1.82, 2.24) is 0 Å². The largest absolute Gasteiger partial charge is 0.0683 e. The molecule has 0 N–H and O–H groups in total. The van der Waals surface area contributed by atoms with Gasteiger partial charge in [-0.3, -0.25) is 0 Å². The van der Waals surface area contributed by atoms with Crippen LogP contribution in [0.1, 0.15) is 144 Å². The van der Waals surface area contributed by atoms with Gasteiger partial charge in [-0.25, -0.2) is 0 Å². The lowest BCUT2D eigenvalue weighted by Gasteiger charge is -2.12. The second-order valence-electron chi connectivity index (χ2n) is 10.2. The van der Waals surface area contributed by atoms with Crippen molar-refractivity contribution in [2.24, 2.45) is 22.7 Å². The van der Waals surface area contributed by atoms with E-state index in [1.54, 1.807) is 0 Å². The van der Waals surface area contributed by atoms with E-state index >= 15 is 0 Å². The Hall–Kier alpha value is 0. The number of hydrogen-bond acceptors (Lipinski definition) is 0. The van der Waals surface area contributed by atoms with Gasteiger partial charge in [-0.2, -0.15) is 0 Å². The highest BCUT2D eigenvalue weighted by Crippen LogP contribution is 2.16. The van der Waals surface area contributed by atoms with E-state index in [-0.39, 0.29) is 0 Å². The molecular formula is C25H62. The molecule has 0 aliphatic rings. The van der Waals surface area contributed by atoms with E-state index in [9.17, 15) is 0 Å². The molecule has 0 unspecified atom stereocenters. The zero-order valence-corrected chi connectivity index (χ0v) is 22.3. The van der Waals surface area contributed by atoms with Crippen LogP contribution in [0.3, 0.4) is 0 Å². The molecule has 0 spiro atoms. The average Bonchev–Trinajstić information content (AvgIpc) is 2.39. The van der Waals surface area contributed by atoms with Crippen molar-refractivity contribution in [3.05, 3.63) is 0 Å². The van der Waals surface area contributed by atoms with Crippen LogP contribution in [0.4, 0.5) is 0 Å². The first-order valence-corrected chi connectivity index (χ1v) is 11.0. The molecule has 0 saturated carbocycles. The summed E-state index contributed by atoms with van der Waals surface area (Å²) in [5.74, 6) is 1.72. The van der Waals surface area contributed by atoms with Gasteiger partial charge in [0.25, 0.3) is 0 Å². The predicted molar refractivity (Wildman–Crippen MR) is 128 cm³/mol. The van der Waals surface area contributed by atoms with Gasteiger partial charge < -0.3 is 0 Å². The molecule has 0 aliphatic heterocycles. The highest BCUT2D eigenvalue weighted by Gasteiger charge is 2.03. The van der Waals surface area contributed by atoms with E-state index in [2.05, 4.69) is 111 Å². The summed E-state index contributed by atoms with van der Waals surface area (Å²) in [6.45, 7) is 39.1. The minimum Gasteiger partial charge on any atom is -0.0683 e. The molecule has 0 heteroatoms. The molecule has 0 aliphatic carbocycles. The Balaban J connectivity index is -0.0000000447. The first-order valence-electron chi connectivity index (χ1n) is 11.0. The number of hydrogen-bond donors (Lipinski definition) is 0. The smallest absolute Gasteiger partial charge is 0.0385 e. The molecule has 0 atom stereocenters. The van der Waals surface area contributed by atoms with Gasteiger partial charge in [-0.15, -0.1) is 0 Å². The van der Waals surface area contributed by atoms with Crippen LogP contribution in [-0.4, -0.2) is 0 Å². The van der Waals surface area contributed by atoms with Crippen LogP contribution >= 0.6 is 0 Å². The van der Waals surface area contributed by atoms with Gasteiger partial charge in [0, 0.05) is 0 Å². The van der Waals surface area contributed by atoms with Gasteiger partial charge in [0.15, 0.2) is 0 Å². The zero-order valence-electron chi connectivity index (χ0n) is 22.3. The summed E-state index contributed by atoms with van der Waals surface area (Å²) in [5, 5.41) is 0. The van der Waals surface area contributed by atoms with E-state index in [1.807, 2.05) is 13.8 Å². The topological polar surface area (TPSA) is 0 Å². The van der Waals surface area contributed by atoms with Gasteiger partial charge in [0.1, 0.15) is 0 Å². The standard InChI is InChI=1S/C6H14.2C5H12.C4H10.C3H8.C2H6/c1-5-6(2,3)4;1-5(2,3)4;1-4-5(2)3;1-4(2)3;1-3-2;1-2/h5H2,1-4H3;1-4H3;5H,4H2,1-3H3;4H,1-3H3;3H2,1-2H3;1-2H3. The van der Waals surface area contributed by atoms with E-state index < -0.39 is 0 Å². The molecule has 0 aromatic rings. The van der Waals surface area contributed by atoms with Crippen molar-refractivity contribution >= 4 is 0 Å². The van der Waals surface area contributed by atoms with Gasteiger partial charge in [0.2, 0.25) is 0 Å². The Kier molecular flexibility index (Phi) is 45.9. The first-order chi connectivity index (χ1) is 11.0. The Morgan fingerprint density at radius 1 is 0.600 bits per heavy atom. The van der Waals surface area contributed by atoms with Crippen LogP contribution in [0.5, 0.6) is 0 Å². The maximum absolute atomic E-state index is 2.24. The second kappa shape index (κ2) is 28.8. The molecule has 0 heterocycles. The van der Waals surface area contributed by atoms with E-state index in [1.165, 1.54) is 19.3 Å². The molecule has 0 bridgehead atoms. The zero-order chi connectivity index (χ0) is 22.3. The van der Waals surface area contributed by atoms with Crippen LogP contribution in [-0.2, 0) is 0 Å². The number of rotatable bonds is 1. The highest BCUT2D eigenvalue weighted by atomic mass is 14.1. The minimum atomic E-state index is 0.500. The van der Waals surface area contributed by atoms with Crippen LogP contribution in [0.25, 0.3) is 0 Å². The van der Waals surface area contributed by atoms with Crippen molar-refractivity contribution in [1.29, 1.82) is 0 Å². The summed E-state index contributed by atoms with van der Waals surface area (Å²) in [7, 11) is 0. The molecule has 25 heavy (non-hydrogen) atoms. The molecule has 0 rings (SSSR count). The third kappa shape index (κ3) is 465. The summed E-state index contributed by atoms with van der Waals surface area (Å²) in [6, 6.07) is 0. The summed E-state index contributed by atoms with van der Waals surface area (Å²) in [4.78, 5) is 0. The summed E-state index contributed by atoms with van der Waals surface area (Å²) >= 11 is 0. The van der Waals surface area contributed by atoms with Crippen molar-refractivity contribution in [3.8, 4) is 0 Å². The molecule has 0 radical (unpaired) electrons. The summed E-state index contributed by atoms with van der Waals surface area (Å²) in [5.41, 5.74) is 1.04. The molecule has 0 aromatic carbocycles. The van der Waals surface area contributed by atoms with Crippen molar-refractivity contribution < 1.29 is 0 Å². The van der Waals surface area contributed by atoms with Crippen LogP contribution in [0.2, 0.25) is 0 Å². The molecule has 0 saturated heterocycles. The first kappa shape index (κ1) is 39.9. The van der Waals surface area contributed by atoms with Crippen molar-refractivity contribution in [2.45, 2.75) is 144 Å². The van der Waals surface area contributed by atoms with Gasteiger partial charge >= 0.3 is 0 Å². The quantitative estimate of drug-likeness (QED) is 0.435. The minimum absolute atomic E-state index is 0.500. The molecular weight excluding hydrogens is 300 g/mol. The molecule has 0 amide bonds. The second-order valence-corrected chi connectivity index (χ2v) is 10.2. The third-order valence-electron chi connectivity index (χ3n) is 1.88. The van der Waals surface area contributed by atoms with E-state index in [0.29, 0.717) is 10.8 Å². The summed E-state index contributed by atoms with van der Waals surface area (Å²) < 4.78 is 0. The van der Waals surface area contributed by atoms with Gasteiger partial charge in [0.05, 0.1) is 0 Å². The van der Waals surface area contributed by atoms with Crippen LogP contribution < -0.4 is 0 Å². The maximum atomic E-state index is 2.24.